The average molecular weight is 325 g/mol. The summed E-state index contributed by atoms with van der Waals surface area (Å²) in [6.45, 7) is 4.60. The highest BCUT2D eigenvalue weighted by Gasteiger charge is 2.06. The summed E-state index contributed by atoms with van der Waals surface area (Å²) in [5.74, 6) is 4.90. The summed E-state index contributed by atoms with van der Waals surface area (Å²) in [6, 6.07) is 0. The molecule has 0 rings (SSSR count). The molecule has 0 saturated carbocycles. The SMILES string of the molecule is CCCCC[C@H](O)C#CCN(CCCCCCC(=O)O)C(C)=O. The van der Waals surface area contributed by atoms with Gasteiger partial charge >= 0.3 is 5.97 Å². The molecule has 0 saturated heterocycles. The van der Waals surface area contributed by atoms with Gasteiger partial charge in [-0.2, -0.15) is 0 Å². The Morgan fingerprint density at radius 3 is 2.39 bits per heavy atom. The van der Waals surface area contributed by atoms with Gasteiger partial charge in [-0.1, -0.05) is 44.4 Å². The molecule has 0 unspecified atom stereocenters. The molecular formula is C18H31NO4. The molecule has 0 radical (unpaired) electrons. The van der Waals surface area contributed by atoms with E-state index in [2.05, 4.69) is 18.8 Å². The zero-order valence-corrected chi connectivity index (χ0v) is 14.5. The van der Waals surface area contributed by atoms with Crippen LogP contribution in [0.3, 0.4) is 0 Å². The predicted molar refractivity (Wildman–Crippen MR) is 90.9 cm³/mol. The van der Waals surface area contributed by atoms with E-state index in [1.807, 2.05) is 0 Å². The molecule has 23 heavy (non-hydrogen) atoms. The fraction of sp³-hybridized carbons (Fsp3) is 0.778. The van der Waals surface area contributed by atoms with Crippen molar-refractivity contribution in [3.63, 3.8) is 0 Å². The molecule has 1 amide bonds. The van der Waals surface area contributed by atoms with Gasteiger partial charge in [-0.15, -0.1) is 0 Å². The molecule has 0 aromatic heterocycles. The van der Waals surface area contributed by atoms with Crippen LogP contribution in [0.2, 0.25) is 0 Å². The summed E-state index contributed by atoms with van der Waals surface area (Å²) >= 11 is 0. The van der Waals surface area contributed by atoms with Gasteiger partial charge in [-0.25, -0.2) is 0 Å². The van der Waals surface area contributed by atoms with Crippen LogP contribution in [0.1, 0.15) is 71.6 Å². The quantitative estimate of drug-likeness (QED) is 0.427. The molecule has 0 aromatic carbocycles. The summed E-state index contributed by atoms with van der Waals surface area (Å²) < 4.78 is 0. The van der Waals surface area contributed by atoms with Crippen LogP contribution in [-0.4, -0.2) is 46.2 Å². The Morgan fingerprint density at radius 1 is 1.09 bits per heavy atom. The average Bonchev–Trinajstić information content (AvgIpc) is 2.48. The Labute approximate surface area is 140 Å². The fourth-order valence-corrected chi connectivity index (χ4v) is 2.20. The number of carbonyl (C=O) groups is 2. The second-order valence-corrected chi connectivity index (χ2v) is 5.83. The number of nitrogens with zero attached hydrogens (tertiary/aromatic N) is 1. The second-order valence-electron chi connectivity index (χ2n) is 5.83. The maximum atomic E-state index is 11.6. The van der Waals surface area contributed by atoms with E-state index in [0.29, 0.717) is 25.9 Å². The van der Waals surface area contributed by atoms with Crippen LogP contribution in [0.25, 0.3) is 0 Å². The van der Waals surface area contributed by atoms with E-state index in [4.69, 9.17) is 5.11 Å². The maximum absolute atomic E-state index is 11.6. The van der Waals surface area contributed by atoms with Crippen molar-refractivity contribution >= 4 is 11.9 Å². The lowest BCUT2D eigenvalue weighted by molar-refractivity contribution is -0.137. The van der Waals surface area contributed by atoms with E-state index < -0.39 is 12.1 Å². The zero-order valence-electron chi connectivity index (χ0n) is 14.5. The molecule has 0 fully saturated rings. The number of aliphatic hydroxyl groups is 1. The van der Waals surface area contributed by atoms with Gasteiger partial charge in [0.1, 0.15) is 6.10 Å². The minimum Gasteiger partial charge on any atom is -0.481 e. The number of carbonyl (C=O) groups excluding carboxylic acids is 1. The second kappa shape index (κ2) is 14.1. The van der Waals surface area contributed by atoms with Crippen LogP contribution >= 0.6 is 0 Å². The van der Waals surface area contributed by atoms with Crippen molar-refractivity contribution < 1.29 is 19.8 Å². The van der Waals surface area contributed by atoms with Gasteiger partial charge in [0.2, 0.25) is 5.91 Å². The fourth-order valence-electron chi connectivity index (χ4n) is 2.20. The summed E-state index contributed by atoms with van der Waals surface area (Å²) in [6.07, 6.45) is 6.77. The van der Waals surface area contributed by atoms with Gasteiger partial charge < -0.3 is 15.1 Å². The van der Waals surface area contributed by atoms with Crippen LogP contribution in [0.4, 0.5) is 0 Å². The molecule has 0 aromatic rings. The van der Waals surface area contributed by atoms with Crippen molar-refractivity contribution in [1.82, 2.24) is 4.90 Å². The minimum absolute atomic E-state index is 0.0229. The summed E-state index contributed by atoms with van der Waals surface area (Å²) in [5.41, 5.74) is 0. The molecule has 5 nitrogen and oxygen atoms in total. The molecule has 5 heteroatoms. The van der Waals surface area contributed by atoms with E-state index >= 15 is 0 Å². The number of carboxylic acids is 1. The standard InChI is InChI=1S/C18H31NO4/c1-3-4-7-11-17(21)12-10-15-19(16(2)20)14-9-6-5-8-13-18(22)23/h17,21H,3-9,11,13-15H2,1-2H3,(H,22,23)/t17-/m0/s1. The van der Waals surface area contributed by atoms with E-state index in [0.717, 1.165) is 38.5 Å². The van der Waals surface area contributed by atoms with Gasteiger partial charge in [-0.05, 0) is 25.7 Å². The highest BCUT2D eigenvalue weighted by atomic mass is 16.4. The number of aliphatic carboxylic acids is 1. The third-order valence-electron chi connectivity index (χ3n) is 3.63. The topological polar surface area (TPSA) is 77.8 Å². The highest BCUT2D eigenvalue weighted by molar-refractivity contribution is 5.73. The molecule has 0 aliphatic carbocycles. The van der Waals surface area contributed by atoms with Crippen molar-refractivity contribution in [2.24, 2.45) is 0 Å². The first-order chi connectivity index (χ1) is 11.0. The number of amides is 1. The first-order valence-electron chi connectivity index (χ1n) is 8.61. The van der Waals surface area contributed by atoms with Gasteiger partial charge in [0.25, 0.3) is 0 Å². The molecular weight excluding hydrogens is 294 g/mol. The number of unbranched alkanes of at least 4 members (excludes halogenated alkanes) is 5. The van der Waals surface area contributed by atoms with E-state index in [-0.39, 0.29) is 12.3 Å². The summed E-state index contributed by atoms with van der Waals surface area (Å²) in [7, 11) is 0. The van der Waals surface area contributed by atoms with Crippen LogP contribution in [0, 0.1) is 11.8 Å². The van der Waals surface area contributed by atoms with Crippen molar-refractivity contribution in [1.29, 1.82) is 0 Å². The Hall–Kier alpha value is -1.54. The van der Waals surface area contributed by atoms with E-state index in [1.165, 1.54) is 6.92 Å². The molecule has 2 N–H and O–H groups in total. The third-order valence-corrected chi connectivity index (χ3v) is 3.63. The van der Waals surface area contributed by atoms with Gasteiger partial charge in [0.05, 0.1) is 6.54 Å². The number of carboxylic acid groups (broad SMARTS) is 1. The first kappa shape index (κ1) is 21.5. The Bertz CT molecular complexity index is 398. The lowest BCUT2D eigenvalue weighted by atomic mass is 10.1. The molecule has 0 heterocycles. The van der Waals surface area contributed by atoms with Gasteiger partial charge in [-0.3, -0.25) is 9.59 Å². The highest BCUT2D eigenvalue weighted by Crippen LogP contribution is 2.05. The van der Waals surface area contributed by atoms with Crippen molar-refractivity contribution in [2.75, 3.05) is 13.1 Å². The lowest BCUT2D eigenvalue weighted by Crippen LogP contribution is -2.30. The van der Waals surface area contributed by atoms with Gasteiger partial charge in [0, 0.05) is 19.9 Å². The van der Waals surface area contributed by atoms with Crippen LogP contribution < -0.4 is 0 Å². The van der Waals surface area contributed by atoms with Crippen molar-refractivity contribution in [3.05, 3.63) is 0 Å². The van der Waals surface area contributed by atoms with E-state index in [1.54, 1.807) is 4.90 Å². The maximum Gasteiger partial charge on any atom is 0.303 e. The smallest absolute Gasteiger partial charge is 0.303 e. The normalized spacial score (nSPS) is 11.4. The summed E-state index contributed by atoms with van der Waals surface area (Å²) in [4.78, 5) is 23.6. The van der Waals surface area contributed by atoms with Crippen LogP contribution in [0.15, 0.2) is 0 Å². The minimum atomic E-state index is -0.761. The first-order valence-corrected chi connectivity index (χ1v) is 8.61. The summed E-state index contributed by atoms with van der Waals surface area (Å²) in [5, 5.41) is 18.3. The Kier molecular flexibility index (Phi) is 13.1. The Morgan fingerprint density at radius 2 is 1.78 bits per heavy atom. The molecule has 132 valence electrons. The number of rotatable bonds is 12. The van der Waals surface area contributed by atoms with Crippen molar-refractivity contribution in [2.45, 2.75) is 77.7 Å². The molecule has 0 spiro atoms. The third kappa shape index (κ3) is 13.8. The largest absolute Gasteiger partial charge is 0.481 e. The van der Waals surface area contributed by atoms with Crippen LogP contribution in [0.5, 0.6) is 0 Å². The Balaban J connectivity index is 3.94. The zero-order chi connectivity index (χ0) is 17.5. The molecule has 0 aliphatic heterocycles. The van der Waals surface area contributed by atoms with Gasteiger partial charge in [0.15, 0.2) is 0 Å². The monoisotopic (exact) mass is 325 g/mol. The van der Waals surface area contributed by atoms with Crippen molar-refractivity contribution in [3.8, 4) is 11.8 Å². The lowest BCUT2D eigenvalue weighted by Gasteiger charge is -2.18. The number of aliphatic hydroxyl groups excluding tert-OH is 1. The molecule has 1 atom stereocenters. The number of hydrogen-bond donors (Lipinski definition) is 2. The predicted octanol–water partition coefficient (Wildman–Crippen LogP) is 2.81. The molecule has 0 bridgehead atoms. The van der Waals surface area contributed by atoms with E-state index in [9.17, 15) is 14.7 Å². The molecule has 0 aliphatic rings. The van der Waals surface area contributed by atoms with Crippen LogP contribution in [-0.2, 0) is 9.59 Å². The number of hydrogen-bond acceptors (Lipinski definition) is 3.